The van der Waals surface area contributed by atoms with Crippen LogP contribution in [0.25, 0.3) is 11.6 Å². The Morgan fingerprint density at radius 1 is 1.36 bits per heavy atom. The third kappa shape index (κ3) is 3.75. The molecule has 3 heterocycles. The number of aromatic nitrogens is 2. The Bertz CT molecular complexity index is 1050. The molecule has 0 fully saturated rings. The molecule has 3 aromatic rings. The number of hydrogen-bond acceptors (Lipinski definition) is 4. The summed E-state index contributed by atoms with van der Waals surface area (Å²) in [6.45, 7) is 3.34. The highest BCUT2D eigenvalue weighted by Crippen LogP contribution is 2.34. The van der Waals surface area contributed by atoms with E-state index in [0.717, 1.165) is 34.0 Å². The van der Waals surface area contributed by atoms with Crippen LogP contribution in [-0.4, -0.2) is 27.9 Å². The molecule has 2 amide bonds. The number of nitrogens with zero attached hydrogens (tertiary/aromatic N) is 2. The number of carbonyl (C=O) groups excluding carboxylic acids is 2. The summed E-state index contributed by atoms with van der Waals surface area (Å²) in [7, 11) is 0. The maximum absolute atomic E-state index is 12.5. The van der Waals surface area contributed by atoms with E-state index in [-0.39, 0.29) is 11.8 Å². The zero-order valence-corrected chi connectivity index (χ0v) is 16.3. The van der Waals surface area contributed by atoms with Crippen LogP contribution in [0.2, 0.25) is 0 Å². The third-order valence-electron chi connectivity index (χ3n) is 4.62. The van der Waals surface area contributed by atoms with Crippen molar-refractivity contribution in [2.24, 2.45) is 0 Å². The van der Waals surface area contributed by atoms with E-state index < -0.39 is 0 Å². The minimum atomic E-state index is -0.113. The molecule has 1 aliphatic heterocycles. The molecule has 4 rings (SSSR count). The van der Waals surface area contributed by atoms with Gasteiger partial charge in [-0.05, 0) is 31.6 Å². The van der Waals surface area contributed by atoms with Crippen LogP contribution in [0, 0.1) is 6.92 Å². The number of nitrogens with one attached hydrogen (secondary N) is 2. The van der Waals surface area contributed by atoms with Crippen LogP contribution >= 0.6 is 11.3 Å². The number of anilines is 1. The van der Waals surface area contributed by atoms with Crippen LogP contribution in [0.15, 0.2) is 49.1 Å². The molecule has 1 aromatic carbocycles. The molecule has 142 valence electrons. The van der Waals surface area contributed by atoms with Crippen LogP contribution in [0.4, 0.5) is 5.69 Å². The first-order chi connectivity index (χ1) is 13.6. The third-order valence-corrected chi connectivity index (χ3v) is 5.61. The Labute approximate surface area is 166 Å². The maximum Gasteiger partial charge on any atom is 0.256 e. The molecule has 1 aliphatic rings. The fourth-order valence-electron chi connectivity index (χ4n) is 3.20. The Kier molecular flexibility index (Phi) is 5.08. The van der Waals surface area contributed by atoms with E-state index in [9.17, 15) is 9.59 Å². The van der Waals surface area contributed by atoms with Crippen LogP contribution in [0.5, 0.6) is 0 Å². The standard InChI is InChI=1S/C21H20N4O2S/c1-14-17(20(26)23-7-4-9-25-10-8-22-13-25)11-15(28-14)12-18-16-5-2-3-6-19(16)24-21(18)27/h2-3,5-6,8,10-13H,4,7,9H2,1H3,(H,23,26)(H,24,27)/b18-12-. The highest BCUT2D eigenvalue weighted by atomic mass is 32.1. The number of thiophene rings is 1. The molecule has 2 aromatic heterocycles. The summed E-state index contributed by atoms with van der Waals surface area (Å²) in [6, 6.07) is 9.47. The first-order valence-electron chi connectivity index (χ1n) is 9.08. The average molecular weight is 392 g/mol. The quantitative estimate of drug-likeness (QED) is 0.497. The van der Waals surface area contributed by atoms with Gasteiger partial charge in [0.25, 0.3) is 11.8 Å². The van der Waals surface area contributed by atoms with Crippen LogP contribution in [0.3, 0.4) is 0 Å². The average Bonchev–Trinajstić information content (AvgIpc) is 3.39. The molecular weight excluding hydrogens is 372 g/mol. The fraction of sp³-hybridized carbons (Fsp3) is 0.190. The van der Waals surface area contributed by atoms with Gasteiger partial charge in [0.05, 0.1) is 17.5 Å². The number of fused-ring (bicyclic) bond motifs is 1. The van der Waals surface area contributed by atoms with Crippen molar-refractivity contribution in [1.82, 2.24) is 14.9 Å². The molecule has 28 heavy (non-hydrogen) atoms. The number of aryl methyl sites for hydroxylation is 2. The normalized spacial score (nSPS) is 14.2. The second kappa shape index (κ2) is 7.82. The van der Waals surface area contributed by atoms with Gasteiger partial charge in [-0.25, -0.2) is 4.98 Å². The number of rotatable bonds is 6. The summed E-state index contributed by atoms with van der Waals surface area (Å²) < 4.78 is 1.98. The van der Waals surface area contributed by atoms with Crippen LogP contribution in [-0.2, 0) is 11.3 Å². The van der Waals surface area contributed by atoms with E-state index in [1.54, 1.807) is 12.5 Å². The number of carbonyl (C=O) groups is 2. The molecule has 0 unspecified atom stereocenters. The van der Waals surface area contributed by atoms with E-state index in [1.165, 1.54) is 11.3 Å². The van der Waals surface area contributed by atoms with Crippen molar-refractivity contribution in [3.8, 4) is 0 Å². The number of benzene rings is 1. The first-order valence-corrected chi connectivity index (χ1v) is 9.90. The Balaban J connectivity index is 1.43. The minimum absolute atomic E-state index is 0.0831. The van der Waals surface area contributed by atoms with Crippen molar-refractivity contribution >= 4 is 40.5 Å². The first kappa shape index (κ1) is 18.2. The molecular formula is C21H20N4O2S. The van der Waals surface area contributed by atoms with Crippen molar-refractivity contribution in [1.29, 1.82) is 0 Å². The van der Waals surface area contributed by atoms with Gasteiger partial charge in [0.1, 0.15) is 0 Å². The highest BCUT2D eigenvalue weighted by molar-refractivity contribution is 7.13. The van der Waals surface area contributed by atoms with E-state index in [2.05, 4.69) is 15.6 Å². The largest absolute Gasteiger partial charge is 0.352 e. The predicted octanol–water partition coefficient (Wildman–Crippen LogP) is 3.57. The number of hydrogen-bond donors (Lipinski definition) is 2. The Morgan fingerprint density at radius 2 is 2.21 bits per heavy atom. The number of imidazole rings is 1. The van der Waals surface area contributed by atoms with Crippen LogP contribution in [0.1, 0.15) is 32.1 Å². The van der Waals surface area contributed by atoms with Gasteiger partial charge < -0.3 is 15.2 Å². The molecule has 7 heteroatoms. The molecule has 0 bridgehead atoms. The van der Waals surface area contributed by atoms with Crippen molar-refractivity contribution in [2.75, 3.05) is 11.9 Å². The summed E-state index contributed by atoms with van der Waals surface area (Å²) in [5.41, 5.74) is 3.00. The van der Waals surface area contributed by atoms with E-state index in [1.807, 2.05) is 54.1 Å². The van der Waals surface area contributed by atoms with Gasteiger partial charge in [-0.2, -0.15) is 0 Å². The second-order valence-corrected chi connectivity index (χ2v) is 7.87. The zero-order chi connectivity index (χ0) is 19.5. The van der Waals surface area contributed by atoms with E-state index in [4.69, 9.17) is 0 Å². The Morgan fingerprint density at radius 3 is 3.04 bits per heavy atom. The lowest BCUT2D eigenvalue weighted by Crippen LogP contribution is -2.25. The summed E-state index contributed by atoms with van der Waals surface area (Å²) in [6.07, 6.45) is 8.10. The topological polar surface area (TPSA) is 76.0 Å². The monoisotopic (exact) mass is 392 g/mol. The SMILES string of the molecule is Cc1sc(/C=C2\C(=O)Nc3ccccc32)cc1C(=O)NCCCn1ccnc1. The van der Waals surface area contributed by atoms with Crippen molar-refractivity contribution in [2.45, 2.75) is 19.9 Å². The van der Waals surface area contributed by atoms with Gasteiger partial charge in [0.2, 0.25) is 0 Å². The lowest BCUT2D eigenvalue weighted by Gasteiger charge is -2.05. The Hall–Kier alpha value is -3.19. The molecule has 0 saturated carbocycles. The lowest BCUT2D eigenvalue weighted by molar-refractivity contribution is -0.110. The number of amides is 2. The van der Waals surface area contributed by atoms with Gasteiger partial charge in [-0.1, -0.05) is 18.2 Å². The van der Waals surface area contributed by atoms with Crippen molar-refractivity contribution < 1.29 is 9.59 Å². The van der Waals surface area contributed by atoms with Gasteiger partial charge >= 0.3 is 0 Å². The van der Waals surface area contributed by atoms with Gasteiger partial charge in [-0.3, -0.25) is 9.59 Å². The molecule has 6 nitrogen and oxygen atoms in total. The van der Waals surface area contributed by atoms with Crippen molar-refractivity contribution in [3.05, 3.63) is 69.9 Å². The minimum Gasteiger partial charge on any atom is -0.352 e. The number of para-hydroxylation sites is 1. The van der Waals surface area contributed by atoms with Crippen molar-refractivity contribution in [3.63, 3.8) is 0 Å². The maximum atomic E-state index is 12.5. The van der Waals surface area contributed by atoms with E-state index >= 15 is 0 Å². The van der Waals surface area contributed by atoms with Gasteiger partial charge in [-0.15, -0.1) is 11.3 Å². The van der Waals surface area contributed by atoms with Gasteiger partial charge in [0, 0.05) is 46.5 Å². The summed E-state index contributed by atoms with van der Waals surface area (Å²) in [4.78, 5) is 30.6. The summed E-state index contributed by atoms with van der Waals surface area (Å²) in [5, 5.41) is 5.84. The lowest BCUT2D eigenvalue weighted by atomic mass is 10.1. The van der Waals surface area contributed by atoms with Crippen LogP contribution < -0.4 is 10.6 Å². The molecule has 0 aliphatic carbocycles. The highest BCUT2D eigenvalue weighted by Gasteiger charge is 2.24. The van der Waals surface area contributed by atoms with E-state index in [0.29, 0.717) is 17.7 Å². The second-order valence-electron chi connectivity index (χ2n) is 6.59. The molecule has 0 radical (unpaired) electrons. The van der Waals surface area contributed by atoms with Gasteiger partial charge in [0.15, 0.2) is 0 Å². The smallest absolute Gasteiger partial charge is 0.256 e. The molecule has 0 spiro atoms. The molecule has 2 N–H and O–H groups in total. The fourth-order valence-corrected chi connectivity index (χ4v) is 4.17. The predicted molar refractivity (Wildman–Crippen MR) is 111 cm³/mol. The molecule has 0 atom stereocenters. The summed E-state index contributed by atoms with van der Waals surface area (Å²) in [5.74, 6) is -0.196. The summed E-state index contributed by atoms with van der Waals surface area (Å²) >= 11 is 1.51. The molecule has 0 saturated heterocycles. The zero-order valence-electron chi connectivity index (χ0n) is 15.4.